The Balaban J connectivity index is 2.48. The van der Waals surface area contributed by atoms with Gasteiger partial charge in [-0.3, -0.25) is 4.79 Å². The van der Waals surface area contributed by atoms with Crippen molar-refractivity contribution in [1.29, 1.82) is 0 Å². The van der Waals surface area contributed by atoms with Crippen molar-refractivity contribution < 1.29 is 9.53 Å². The molecule has 2 atom stereocenters. The molecule has 0 bridgehead atoms. The summed E-state index contributed by atoms with van der Waals surface area (Å²) in [7, 11) is 1.77. The summed E-state index contributed by atoms with van der Waals surface area (Å²) in [5.41, 5.74) is 0. The molecule has 1 rings (SSSR count). The van der Waals surface area contributed by atoms with Crippen molar-refractivity contribution in [1.82, 2.24) is 5.32 Å². The maximum absolute atomic E-state index is 10.7. The molecule has 0 amide bonds. The summed E-state index contributed by atoms with van der Waals surface area (Å²) in [6.45, 7) is 1.90. The molecule has 3 heteroatoms. The molecular weight excluding hydrogens is 118 g/mol. The second-order valence-electron chi connectivity index (χ2n) is 2.32. The maximum Gasteiger partial charge on any atom is 0.323 e. The molecule has 1 heterocycles. The molecule has 0 saturated carbocycles. The van der Waals surface area contributed by atoms with Gasteiger partial charge in [0.1, 0.15) is 12.1 Å². The molecule has 1 N–H and O–H groups in total. The number of cyclic esters (lactones) is 1. The highest BCUT2D eigenvalue weighted by atomic mass is 16.6. The Morgan fingerprint density at radius 1 is 1.78 bits per heavy atom. The Kier molecular flexibility index (Phi) is 1.71. The first-order valence-corrected chi connectivity index (χ1v) is 3.12. The fraction of sp³-hybridized carbons (Fsp3) is 0.833. The fourth-order valence-corrected chi connectivity index (χ4v) is 0.992. The summed E-state index contributed by atoms with van der Waals surface area (Å²) < 4.78 is 4.86. The standard InChI is InChI=1S/C6H11NO2/c1-4-3-5(7-2)6(8)9-4/h4-5,7H,3H2,1-2H3. The van der Waals surface area contributed by atoms with Crippen LogP contribution in [-0.2, 0) is 9.53 Å². The number of esters is 1. The van der Waals surface area contributed by atoms with Crippen molar-refractivity contribution in [2.24, 2.45) is 0 Å². The number of carbonyl (C=O) groups is 1. The van der Waals surface area contributed by atoms with E-state index in [2.05, 4.69) is 5.32 Å². The zero-order valence-corrected chi connectivity index (χ0v) is 5.68. The molecular formula is C6H11NO2. The molecule has 1 fully saturated rings. The summed E-state index contributed by atoms with van der Waals surface area (Å²) in [6.07, 6.45) is 0.893. The molecule has 0 radical (unpaired) electrons. The number of rotatable bonds is 1. The molecule has 1 saturated heterocycles. The van der Waals surface area contributed by atoms with Crippen LogP contribution in [0.4, 0.5) is 0 Å². The lowest BCUT2D eigenvalue weighted by Gasteiger charge is -1.98. The predicted molar refractivity (Wildman–Crippen MR) is 33.0 cm³/mol. The zero-order valence-electron chi connectivity index (χ0n) is 5.68. The van der Waals surface area contributed by atoms with Crippen LogP contribution in [0.25, 0.3) is 0 Å². The van der Waals surface area contributed by atoms with Gasteiger partial charge in [-0.25, -0.2) is 0 Å². The average molecular weight is 129 g/mol. The van der Waals surface area contributed by atoms with Crippen LogP contribution in [0.15, 0.2) is 0 Å². The van der Waals surface area contributed by atoms with Crippen molar-refractivity contribution in [2.45, 2.75) is 25.5 Å². The number of carbonyl (C=O) groups excluding carboxylic acids is 1. The van der Waals surface area contributed by atoms with E-state index < -0.39 is 0 Å². The van der Waals surface area contributed by atoms with Gasteiger partial charge in [0.25, 0.3) is 0 Å². The largest absolute Gasteiger partial charge is 0.461 e. The van der Waals surface area contributed by atoms with E-state index >= 15 is 0 Å². The summed E-state index contributed by atoms with van der Waals surface area (Å²) in [5, 5.41) is 2.87. The van der Waals surface area contributed by atoms with E-state index in [1.165, 1.54) is 0 Å². The lowest BCUT2D eigenvalue weighted by atomic mass is 10.2. The highest BCUT2D eigenvalue weighted by Crippen LogP contribution is 2.12. The third kappa shape index (κ3) is 1.21. The van der Waals surface area contributed by atoms with Crippen LogP contribution in [0.5, 0.6) is 0 Å². The minimum absolute atomic E-state index is 0.0694. The van der Waals surface area contributed by atoms with Crippen molar-refractivity contribution in [2.75, 3.05) is 7.05 Å². The Morgan fingerprint density at radius 3 is 2.67 bits per heavy atom. The number of hydrogen-bond donors (Lipinski definition) is 1. The summed E-state index contributed by atoms with van der Waals surface area (Å²) in [5.74, 6) is -0.120. The Morgan fingerprint density at radius 2 is 2.44 bits per heavy atom. The SMILES string of the molecule is CNC1CC(C)OC1=O. The van der Waals surface area contributed by atoms with Gasteiger partial charge in [-0.15, -0.1) is 0 Å². The summed E-state index contributed by atoms with van der Waals surface area (Å²) in [6, 6.07) is -0.0694. The van der Waals surface area contributed by atoms with Crippen molar-refractivity contribution >= 4 is 5.97 Å². The van der Waals surface area contributed by atoms with Crippen LogP contribution in [0, 0.1) is 0 Å². The van der Waals surface area contributed by atoms with Gasteiger partial charge in [0.2, 0.25) is 0 Å². The first kappa shape index (κ1) is 6.55. The molecule has 0 aliphatic carbocycles. The van der Waals surface area contributed by atoms with E-state index in [0.29, 0.717) is 0 Å². The van der Waals surface area contributed by atoms with Gasteiger partial charge in [-0.05, 0) is 14.0 Å². The Bertz CT molecular complexity index is 124. The minimum Gasteiger partial charge on any atom is -0.461 e. The lowest BCUT2D eigenvalue weighted by Crippen LogP contribution is -2.29. The maximum atomic E-state index is 10.7. The lowest BCUT2D eigenvalue weighted by molar-refractivity contribution is -0.142. The zero-order chi connectivity index (χ0) is 6.85. The second-order valence-corrected chi connectivity index (χ2v) is 2.32. The second kappa shape index (κ2) is 2.35. The molecule has 0 spiro atoms. The summed E-state index contributed by atoms with van der Waals surface area (Å²) in [4.78, 5) is 10.7. The third-order valence-corrected chi connectivity index (χ3v) is 1.52. The number of hydrogen-bond acceptors (Lipinski definition) is 3. The van der Waals surface area contributed by atoms with Gasteiger partial charge in [0, 0.05) is 6.42 Å². The molecule has 0 aromatic heterocycles. The smallest absolute Gasteiger partial charge is 0.323 e. The van der Waals surface area contributed by atoms with Gasteiger partial charge >= 0.3 is 5.97 Å². The normalized spacial score (nSPS) is 34.7. The Labute approximate surface area is 54.4 Å². The predicted octanol–water partition coefficient (Wildman–Crippen LogP) is -0.0902. The highest BCUT2D eigenvalue weighted by Gasteiger charge is 2.29. The topological polar surface area (TPSA) is 38.3 Å². The summed E-state index contributed by atoms with van der Waals surface area (Å²) >= 11 is 0. The fourth-order valence-electron chi connectivity index (χ4n) is 0.992. The number of likely N-dealkylation sites (N-methyl/N-ethyl adjacent to an activating group) is 1. The van der Waals surface area contributed by atoms with Crippen LogP contribution in [0.3, 0.4) is 0 Å². The van der Waals surface area contributed by atoms with Crippen LogP contribution in [0.2, 0.25) is 0 Å². The molecule has 3 nitrogen and oxygen atoms in total. The molecule has 9 heavy (non-hydrogen) atoms. The van der Waals surface area contributed by atoms with Crippen molar-refractivity contribution in [3.8, 4) is 0 Å². The van der Waals surface area contributed by atoms with Gasteiger partial charge in [0.15, 0.2) is 0 Å². The molecule has 0 aromatic rings. The first-order chi connectivity index (χ1) is 4.24. The molecule has 0 aromatic carbocycles. The van der Waals surface area contributed by atoms with E-state index in [9.17, 15) is 4.79 Å². The Hall–Kier alpha value is -0.570. The monoisotopic (exact) mass is 129 g/mol. The van der Waals surface area contributed by atoms with E-state index in [1.807, 2.05) is 6.92 Å². The van der Waals surface area contributed by atoms with E-state index in [-0.39, 0.29) is 18.1 Å². The molecule has 2 unspecified atom stereocenters. The third-order valence-electron chi connectivity index (χ3n) is 1.52. The van der Waals surface area contributed by atoms with Gasteiger partial charge < -0.3 is 10.1 Å². The number of nitrogens with one attached hydrogen (secondary N) is 1. The first-order valence-electron chi connectivity index (χ1n) is 3.12. The molecule has 52 valence electrons. The van der Waals surface area contributed by atoms with Gasteiger partial charge in [-0.1, -0.05) is 0 Å². The molecule has 1 aliphatic heterocycles. The minimum atomic E-state index is -0.120. The van der Waals surface area contributed by atoms with Crippen LogP contribution in [0.1, 0.15) is 13.3 Å². The average Bonchev–Trinajstić information content (AvgIpc) is 2.10. The van der Waals surface area contributed by atoms with Crippen LogP contribution < -0.4 is 5.32 Å². The van der Waals surface area contributed by atoms with Crippen molar-refractivity contribution in [3.05, 3.63) is 0 Å². The number of ether oxygens (including phenoxy) is 1. The highest BCUT2D eigenvalue weighted by molar-refractivity contribution is 5.77. The van der Waals surface area contributed by atoms with Crippen molar-refractivity contribution in [3.63, 3.8) is 0 Å². The molecule has 1 aliphatic rings. The van der Waals surface area contributed by atoms with Crippen LogP contribution >= 0.6 is 0 Å². The van der Waals surface area contributed by atoms with E-state index in [0.717, 1.165) is 6.42 Å². The van der Waals surface area contributed by atoms with E-state index in [4.69, 9.17) is 4.74 Å². The van der Waals surface area contributed by atoms with Gasteiger partial charge in [-0.2, -0.15) is 0 Å². The van der Waals surface area contributed by atoms with Crippen LogP contribution in [-0.4, -0.2) is 25.2 Å². The van der Waals surface area contributed by atoms with E-state index in [1.54, 1.807) is 7.05 Å². The quantitative estimate of drug-likeness (QED) is 0.503. The van der Waals surface area contributed by atoms with Gasteiger partial charge in [0.05, 0.1) is 0 Å².